The van der Waals surface area contributed by atoms with Gasteiger partial charge >= 0.3 is 5.97 Å². The second kappa shape index (κ2) is 19.4. The van der Waals surface area contributed by atoms with Crippen molar-refractivity contribution in [2.45, 2.75) is 44.8 Å². The number of methoxy groups -OCH3 is 1. The second-order valence-corrected chi connectivity index (χ2v) is 16.9. The van der Waals surface area contributed by atoms with Crippen LogP contribution in [0.2, 0.25) is 5.02 Å². The van der Waals surface area contributed by atoms with Crippen LogP contribution in [0.25, 0.3) is 32.5 Å². The fraction of sp³-hybridized carbons (Fsp3) is 0.370. The predicted octanol–water partition coefficient (Wildman–Crippen LogP) is 8.30. The van der Waals surface area contributed by atoms with Crippen LogP contribution in [-0.4, -0.2) is 119 Å². The molecule has 1 N–H and O–H groups in total. The Bertz CT molecular complexity index is 2570. The van der Waals surface area contributed by atoms with Crippen LogP contribution in [0.5, 0.6) is 23.1 Å². The van der Waals surface area contributed by atoms with Crippen molar-refractivity contribution >= 4 is 45.1 Å². The van der Waals surface area contributed by atoms with Crippen LogP contribution in [-0.2, 0) is 17.8 Å². The van der Waals surface area contributed by atoms with E-state index in [1.165, 1.54) is 0 Å². The van der Waals surface area contributed by atoms with Gasteiger partial charge in [0, 0.05) is 88.6 Å². The number of likely N-dealkylation sites (N-methyl/N-ethyl adjacent to an activating group) is 1. The SMILES string of the molecule is COc1cccc(-c2ncc3snc(O[C@H](Cc4ccccc4OCc4ccnc(N5CCC(F)(F)CC5)n4)C(=O)O)c3c2-c2ccc(OCCN3CCN(C)CC3)c(Cl)c2C)c1. The number of benzene rings is 3. The number of para-hydroxylation sites is 1. The molecule has 330 valence electrons. The molecule has 5 heterocycles. The van der Waals surface area contributed by atoms with Gasteiger partial charge in [0.25, 0.3) is 5.92 Å². The lowest BCUT2D eigenvalue weighted by molar-refractivity contribution is -0.145. The lowest BCUT2D eigenvalue weighted by Crippen LogP contribution is -2.45. The summed E-state index contributed by atoms with van der Waals surface area (Å²) >= 11 is 8.25. The van der Waals surface area contributed by atoms with Gasteiger partial charge in [0.05, 0.1) is 33.6 Å². The normalized spacial score (nSPS) is 16.2. The zero-order chi connectivity index (χ0) is 44.1. The number of ether oxygens (including phenoxy) is 4. The summed E-state index contributed by atoms with van der Waals surface area (Å²) in [7, 11) is 3.73. The summed E-state index contributed by atoms with van der Waals surface area (Å²) in [5.41, 5.74) is 4.67. The summed E-state index contributed by atoms with van der Waals surface area (Å²) in [5.74, 6) is -1.75. The van der Waals surface area contributed by atoms with E-state index < -0.39 is 18.0 Å². The predicted molar refractivity (Wildman–Crippen MR) is 239 cm³/mol. The molecule has 0 aliphatic carbocycles. The number of rotatable bonds is 16. The van der Waals surface area contributed by atoms with Crippen molar-refractivity contribution in [3.63, 3.8) is 0 Å². The van der Waals surface area contributed by atoms with E-state index in [-0.39, 0.29) is 44.8 Å². The molecule has 2 aliphatic rings. The first kappa shape index (κ1) is 43.9. The number of nitrogens with zero attached hydrogens (tertiary/aromatic N) is 7. The number of hydrogen-bond acceptors (Lipinski definition) is 13. The van der Waals surface area contributed by atoms with Crippen molar-refractivity contribution in [3.05, 3.63) is 101 Å². The minimum Gasteiger partial charge on any atom is -0.497 e. The zero-order valence-electron chi connectivity index (χ0n) is 35.2. The van der Waals surface area contributed by atoms with E-state index in [1.807, 2.05) is 43.3 Å². The average Bonchev–Trinajstić information content (AvgIpc) is 3.70. The molecule has 1 atom stereocenters. The molecule has 17 heteroatoms. The highest BCUT2D eigenvalue weighted by molar-refractivity contribution is 7.13. The number of piperidine rings is 1. The number of carboxylic acids is 1. The van der Waals surface area contributed by atoms with Gasteiger partial charge in [-0.25, -0.2) is 23.5 Å². The highest BCUT2D eigenvalue weighted by atomic mass is 35.5. The van der Waals surface area contributed by atoms with Gasteiger partial charge in [0.1, 0.15) is 30.5 Å². The molecule has 0 radical (unpaired) electrons. The number of piperazine rings is 1. The maximum atomic E-state index is 13.8. The van der Waals surface area contributed by atoms with E-state index in [0.717, 1.165) is 60.9 Å². The Kier molecular flexibility index (Phi) is 13.5. The molecule has 3 aromatic carbocycles. The van der Waals surface area contributed by atoms with Crippen molar-refractivity contribution in [1.82, 2.24) is 29.1 Å². The number of carboxylic acid groups (broad SMARTS) is 1. The van der Waals surface area contributed by atoms with Gasteiger partial charge < -0.3 is 33.9 Å². The number of fused-ring (bicyclic) bond motifs is 1. The van der Waals surface area contributed by atoms with E-state index in [2.05, 4.69) is 31.2 Å². The largest absolute Gasteiger partial charge is 0.497 e. The van der Waals surface area contributed by atoms with E-state index in [1.54, 1.807) is 54.7 Å². The highest BCUT2D eigenvalue weighted by Crippen LogP contribution is 2.46. The van der Waals surface area contributed by atoms with Crippen molar-refractivity contribution in [2.75, 3.05) is 71.5 Å². The number of anilines is 1. The molecule has 6 aromatic rings. The first-order valence-electron chi connectivity index (χ1n) is 20.8. The number of alkyl halides is 2. The van der Waals surface area contributed by atoms with Gasteiger partial charge in [-0.1, -0.05) is 48.0 Å². The molecule has 0 bridgehead atoms. The first-order chi connectivity index (χ1) is 30.5. The molecule has 0 unspecified atom stereocenters. The summed E-state index contributed by atoms with van der Waals surface area (Å²) in [6.07, 6.45) is 1.33. The van der Waals surface area contributed by atoms with Gasteiger partial charge in [-0.15, -0.1) is 0 Å². The summed E-state index contributed by atoms with van der Waals surface area (Å²) in [6, 6.07) is 20.2. The fourth-order valence-corrected chi connectivity index (χ4v) is 8.69. The molecule has 13 nitrogen and oxygen atoms in total. The molecule has 2 saturated heterocycles. The van der Waals surface area contributed by atoms with Crippen LogP contribution >= 0.6 is 23.1 Å². The van der Waals surface area contributed by atoms with Gasteiger partial charge in [-0.3, -0.25) is 9.88 Å². The van der Waals surface area contributed by atoms with E-state index in [9.17, 15) is 18.7 Å². The third kappa shape index (κ3) is 10.3. The zero-order valence-corrected chi connectivity index (χ0v) is 36.8. The number of aliphatic carboxylic acids is 1. The number of carbonyl (C=O) groups is 1. The summed E-state index contributed by atoms with van der Waals surface area (Å²) in [5, 5.41) is 11.7. The van der Waals surface area contributed by atoms with Gasteiger partial charge in [0.15, 0.2) is 0 Å². The monoisotopic (exact) mass is 899 g/mol. The molecule has 0 saturated carbocycles. The maximum absolute atomic E-state index is 13.8. The Labute approximate surface area is 373 Å². The fourth-order valence-electron chi connectivity index (χ4n) is 7.77. The van der Waals surface area contributed by atoms with Crippen LogP contribution in [0.1, 0.15) is 29.7 Å². The number of aromatic nitrogens is 4. The lowest BCUT2D eigenvalue weighted by atomic mass is 9.93. The van der Waals surface area contributed by atoms with Crippen molar-refractivity contribution in [2.24, 2.45) is 0 Å². The van der Waals surface area contributed by atoms with Crippen LogP contribution in [0.4, 0.5) is 14.7 Å². The second-order valence-electron chi connectivity index (χ2n) is 15.7. The van der Waals surface area contributed by atoms with Gasteiger partial charge in [0.2, 0.25) is 17.9 Å². The topological polar surface area (TPSA) is 136 Å². The molecule has 0 spiro atoms. The molecule has 8 rings (SSSR count). The molecule has 2 aliphatic heterocycles. The third-order valence-corrected chi connectivity index (χ3v) is 12.7. The van der Waals surface area contributed by atoms with E-state index >= 15 is 0 Å². The van der Waals surface area contributed by atoms with Crippen molar-refractivity contribution in [3.8, 4) is 45.5 Å². The van der Waals surface area contributed by atoms with Crippen LogP contribution in [0, 0.1) is 6.92 Å². The Hall–Kier alpha value is -5.68. The third-order valence-electron chi connectivity index (χ3n) is 11.5. The van der Waals surface area contributed by atoms with E-state index in [0.29, 0.717) is 67.4 Å². The van der Waals surface area contributed by atoms with Gasteiger partial charge in [-0.05, 0) is 72.5 Å². The molecule has 0 amide bonds. The minimum atomic E-state index is -2.69. The van der Waals surface area contributed by atoms with Crippen LogP contribution in [0.3, 0.4) is 0 Å². The van der Waals surface area contributed by atoms with Gasteiger partial charge in [-0.2, -0.15) is 4.37 Å². The van der Waals surface area contributed by atoms with Crippen LogP contribution < -0.4 is 23.8 Å². The summed E-state index contributed by atoms with van der Waals surface area (Å²) < 4.78 is 57.4. The summed E-state index contributed by atoms with van der Waals surface area (Å²) in [4.78, 5) is 33.2. The molecule has 3 aromatic heterocycles. The van der Waals surface area contributed by atoms with Crippen molar-refractivity contribution in [1.29, 1.82) is 0 Å². The van der Waals surface area contributed by atoms with Crippen LogP contribution in [0.15, 0.2) is 79.1 Å². The molecular weight excluding hydrogens is 852 g/mol. The lowest BCUT2D eigenvalue weighted by Gasteiger charge is -2.32. The number of pyridine rings is 1. The Balaban J connectivity index is 1.07. The highest BCUT2D eigenvalue weighted by Gasteiger charge is 2.35. The number of halogens is 3. The summed E-state index contributed by atoms with van der Waals surface area (Å²) in [6.45, 7) is 7.54. The van der Waals surface area contributed by atoms with E-state index in [4.69, 9.17) is 35.5 Å². The minimum absolute atomic E-state index is 0.0389. The maximum Gasteiger partial charge on any atom is 0.345 e. The van der Waals surface area contributed by atoms with Crippen molar-refractivity contribution < 1.29 is 37.6 Å². The standard InChI is InChI=1S/C46H48ClF2N7O6S/c1-29-34(11-12-36(41(29)47)60-24-23-55-21-19-54(2)20-22-55)39-40-38(27-51-42(39)31-8-6-9-33(25-31)59-3)63-53-43(40)62-37(44(57)58)26-30-7-4-5-10-35(30)61-28-32-13-16-50-45(52-32)56-17-14-46(48,49)15-18-56/h4-13,16,25,27,37H,14-15,17-24,26,28H2,1-3H3,(H,57,58)/t37-/m1/s1. The average molecular weight is 900 g/mol. The molecule has 63 heavy (non-hydrogen) atoms. The quantitative estimate of drug-likeness (QED) is 0.0999. The Morgan fingerprint density at radius 2 is 1.76 bits per heavy atom. The first-order valence-corrected chi connectivity index (χ1v) is 21.9. The Morgan fingerprint density at radius 3 is 2.54 bits per heavy atom. The molecule has 2 fully saturated rings. The smallest absolute Gasteiger partial charge is 0.345 e. The number of hydrogen-bond donors (Lipinski definition) is 1. The Morgan fingerprint density at radius 1 is 0.968 bits per heavy atom. The molecular formula is C46H48ClF2N7O6S.